The number of benzene rings is 2. The number of amides is 2. The summed E-state index contributed by atoms with van der Waals surface area (Å²) in [6.45, 7) is 5.88. The number of ether oxygens (including phenoxy) is 1. The van der Waals surface area contributed by atoms with Gasteiger partial charge in [-0.1, -0.05) is 42.5 Å². The van der Waals surface area contributed by atoms with E-state index in [9.17, 15) is 28.3 Å². The van der Waals surface area contributed by atoms with Gasteiger partial charge in [0.1, 0.15) is 11.1 Å². The Labute approximate surface area is 287 Å². The van der Waals surface area contributed by atoms with Crippen molar-refractivity contribution in [3.63, 3.8) is 0 Å². The summed E-state index contributed by atoms with van der Waals surface area (Å²) in [4.78, 5) is 47.7. The molecule has 49 heavy (non-hydrogen) atoms. The Morgan fingerprint density at radius 1 is 1.12 bits per heavy atom. The standard InChI is InChI=1S/C36H41F2N5O5S/c1-35(2,3)48-34(46)41(4)27-13-11-23-18-24(10-12-25(23)27)31-29-30(40-49-31)33(45)43(21-39-29)20-36(47)14-16-42(17-15-36)28(44)19-26(32(37)38)22-8-6-5-7-9-22/h5-10,12,18,21,26-27,32,47H,11,13-17,19-20H2,1-4H3. The summed E-state index contributed by atoms with van der Waals surface area (Å²) in [5, 5.41) is 11.4. The molecule has 0 saturated carbocycles. The molecule has 1 saturated heterocycles. The number of aliphatic hydroxyl groups is 1. The average Bonchev–Trinajstić information content (AvgIpc) is 3.69. The number of rotatable bonds is 8. The van der Waals surface area contributed by atoms with Gasteiger partial charge in [-0.15, -0.1) is 0 Å². The van der Waals surface area contributed by atoms with E-state index in [-0.39, 0.29) is 68.0 Å². The predicted octanol–water partition coefficient (Wildman–Crippen LogP) is 6.17. The first kappa shape index (κ1) is 34.6. The zero-order chi connectivity index (χ0) is 35.1. The molecule has 0 radical (unpaired) electrons. The Bertz CT molecular complexity index is 1900. The zero-order valence-corrected chi connectivity index (χ0v) is 28.9. The first-order valence-electron chi connectivity index (χ1n) is 16.5. The highest BCUT2D eigenvalue weighted by atomic mass is 32.1. The van der Waals surface area contributed by atoms with E-state index < -0.39 is 23.5 Å². The third-order valence-electron chi connectivity index (χ3n) is 9.50. The molecule has 6 rings (SSSR count). The molecule has 2 aromatic carbocycles. The number of alkyl halides is 2. The molecule has 1 aliphatic heterocycles. The number of carbonyl (C=O) groups is 2. The molecular formula is C36H41F2N5O5S. The molecule has 1 aliphatic carbocycles. The molecule has 2 aliphatic rings. The fraction of sp³-hybridized carbons (Fsp3) is 0.472. The molecule has 0 bridgehead atoms. The fourth-order valence-corrected chi connectivity index (χ4v) is 7.60. The summed E-state index contributed by atoms with van der Waals surface area (Å²) in [7, 11) is 1.75. The Balaban J connectivity index is 1.12. The van der Waals surface area contributed by atoms with Crippen molar-refractivity contribution in [1.29, 1.82) is 0 Å². The van der Waals surface area contributed by atoms with Crippen LogP contribution in [0.2, 0.25) is 0 Å². The Morgan fingerprint density at radius 2 is 1.84 bits per heavy atom. The van der Waals surface area contributed by atoms with Crippen LogP contribution in [0.1, 0.15) is 75.1 Å². The van der Waals surface area contributed by atoms with Gasteiger partial charge in [0.05, 0.1) is 35.3 Å². The van der Waals surface area contributed by atoms with Crippen molar-refractivity contribution in [3.05, 3.63) is 81.9 Å². The lowest BCUT2D eigenvalue weighted by Crippen LogP contribution is -2.50. The summed E-state index contributed by atoms with van der Waals surface area (Å²) >= 11 is 1.19. The van der Waals surface area contributed by atoms with Gasteiger partial charge < -0.3 is 19.6 Å². The minimum absolute atomic E-state index is 0.0290. The molecule has 1 fully saturated rings. The van der Waals surface area contributed by atoms with Gasteiger partial charge in [-0.2, -0.15) is 4.37 Å². The molecule has 1 N–H and O–H groups in total. The van der Waals surface area contributed by atoms with E-state index in [0.717, 1.165) is 34.4 Å². The van der Waals surface area contributed by atoms with E-state index in [1.165, 1.54) is 27.3 Å². The number of nitrogens with zero attached hydrogens (tertiary/aromatic N) is 5. The van der Waals surface area contributed by atoms with Crippen molar-refractivity contribution < 1.29 is 28.2 Å². The van der Waals surface area contributed by atoms with Crippen LogP contribution in [-0.2, 0) is 22.5 Å². The normalized spacial score (nSPS) is 18.0. The van der Waals surface area contributed by atoms with E-state index in [1.54, 1.807) is 42.3 Å². The van der Waals surface area contributed by atoms with Crippen LogP contribution in [0.5, 0.6) is 0 Å². The number of likely N-dealkylation sites (tertiary alicyclic amines) is 1. The van der Waals surface area contributed by atoms with Gasteiger partial charge in [-0.05, 0) is 86.3 Å². The van der Waals surface area contributed by atoms with E-state index in [0.29, 0.717) is 11.1 Å². The monoisotopic (exact) mass is 693 g/mol. The molecule has 2 unspecified atom stereocenters. The summed E-state index contributed by atoms with van der Waals surface area (Å²) in [6.07, 6.45) is 0.00420. The largest absolute Gasteiger partial charge is 0.444 e. The second-order valence-electron chi connectivity index (χ2n) is 14.1. The van der Waals surface area contributed by atoms with Crippen LogP contribution in [-0.4, -0.2) is 78.6 Å². The van der Waals surface area contributed by atoms with E-state index in [4.69, 9.17) is 4.74 Å². The molecule has 260 valence electrons. The molecule has 10 nitrogen and oxygen atoms in total. The smallest absolute Gasteiger partial charge is 0.410 e. The number of aromatic nitrogens is 3. The Kier molecular flexibility index (Phi) is 9.60. The van der Waals surface area contributed by atoms with E-state index >= 15 is 0 Å². The molecule has 2 atom stereocenters. The second-order valence-corrected chi connectivity index (χ2v) is 14.9. The van der Waals surface area contributed by atoms with Crippen LogP contribution in [0.4, 0.5) is 13.6 Å². The third kappa shape index (κ3) is 7.37. The SMILES string of the molecule is CN(C(=O)OC(C)(C)C)C1CCc2cc(-c3snc4c(=O)n(CC5(O)CCN(C(=O)CC(c6ccccc6)C(F)F)CC5)cnc34)ccc21. The predicted molar refractivity (Wildman–Crippen MR) is 183 cm³/mol. The Morgan fingerprint density at radius 3 is 2.51 bits per heavy atom. The maximum Gasteiger partial charge on any atom is 0.410 e. The lowest BCUT2D eigenvalue weighted by Gasteiger charge is -2.38. The fourth-order valence-electron chi connectivity index (χ4n) is 6.78. The minimum Gasteiger partial charge on any atom is -0.444 e. The first-order chi connectivity index (χ1) is 23.2. The zero-order valence-electron chi connectivity index (χ0n) is 28.1. The molecular weight excluding hydrogens is 652 g/mol. The third-order valence-corrected chi connectivity index (χ3v) is 10.4. The summed E-state index contributed by atoms with van der Waals surface area (Å²) in [5.41, 5.74) is 1.93. The van der Waals surface area contributed by atoms with Gasteiger partial charge >= 0.3 is 6.09 Å². The molecule has 2 amide bonds. The van der Waals surface area contributed by atoms with Crippen molar-refractivity contribution in [1.82, 2.24) is 23.7 Å². The van der Waals surface area contributed by atoms with Gasteiger partial charge in [0.25, 0.3) is 5.56 Å². The van der Waals surface area contributed by atoms with Crippen LogP contribution < -0.4 is 5.56 Å². The van der Waals surface area contributed by atoms with Gasteiger partial charge in [-0.25, -0.2) is 18.6 Å². The highest BCUT2D eigenvalue weighted by Crippen LogP contribution is 2.40. The van der Waals surface area contributed by atoms with Crippen molar-refractivity contribution in [3.8, 4) is 10.4 Å². The van der Waals surface area contributed by atoms with Gasteiger partial charge in [0.15, 0.2) is 5.52 Å². The van der Waals surface area contributed by atoms with E-state index in [2.05, 4.69) is 15.4 Å². The quantitative estimate of drug-likeness (QED) is 0.235. The number of aryl methyl sites for hydroxylation is 1. The van der Waals surface area contributed by atoms with Gasteiger partial charge in [0.2, 0.25) is 12.3 Å². The molecule has 2 aromatic heterocycles. The van der Waals surface area contributed by atoms with Crippen LogP contribution in [0.25, 0.3) is 21.5 Å². The van der Waals surface area contributed by atoms with Gasteiger partial charge in [-0.3, -0.25) is 14.2 Å². The average molecular weight is 694 g/mol. The number of hydrogen-bond acceptors (Lipinski definition) is 8. The van der Waals surface area contributed by atoms with Gasteiger partial charge in [0, 0.05) is 26.6 Å². The van der Waals surface area contributed by atoms with Crippen molar-refractivity contribution in [2.75, 3.05) is 20.1 Å². The van der Waals surface area contributed by atoms with Crippen LogP contribution >= 0.6 is 11.5 Å². The molecule has 13 heteroatoms. The lowest BCUT2D eigenvalue weighted by atomic mass is 9.90. The molecule has 0 spiro atoms. The summed E-state index contributed by atoms with van der Waals surface area (Å²) in [5.74, 6) is -1.59. The number of piperidine rings is 1. The molecule has 4 aromatic rings. The minimum atomic E-state index is -2.68. The van der Waals surface area contributed by atoms with Crippen molar-refractivity contribution in [2.24, 2.45) is 0 Å². The highest BCUT2D eigenvalue weighted by Gasteiger charge is 2.37. The van der Waals surface area contributed by atoms with Crippen molar-refractivity contribution in [2.45, 2.75) is 89.0 Å². The van der Waals surface area contributed by atoms with Crippen LogP contribution in [0.3, 0.4) is 0 Å². The van der Waals surface area contributed by atoms with Crippen LogP contribution in [0.15, 0.2) is 59.7 Å². The van der Waals surface area contributed by atoms with E-state index in [1.807, 2.05) is 32.9 Å². The maximum absolute atomic E-state index is 13.8. The summed E-state index contributed by atoms with van der Waals surface area (Å²) in [6, 6.07) is 14.2. The maximum atomic E-state index is 13.8. The summed E-state index contributed by atoms with van der Waals surface area (Å²) < 4.78 is 39.0. The first-order valence-corrected chi connectivity index (χ1v) is 17.3. The topological polar surface area (TPSA) is 118 Å². The number of halogens is 2. The highest BCUT2D eigenvalue weighted by molar-refractivity contribution is 7.11. The second kappa shape index (κ2) is 13.6. The number of hydrogen-bond donors (Lipinski definition) is 1. The Hall–Kier alpha value is -4.23. The van der Waals surface area contributed by atoms with Crippen molar-refractivity contribution >= 4 is 34.6 Å². The molecule has 3 heterocycles. The number of carbonyl (C=O) groups excluding carboxylic acids is 2. The lowest BCUT2D eigenvalue weighted by molar-refractivity contribution is -0.137. The van der Waals surface area contributed by atoms with Crippen LogP contribution in [0, 0.1) is 0 Å². The number of fused-ring (bicyclic) bond motifs is 2.